The Balaban J connectivity index is 0.00000312. The van der Waals surface area contributed by atoms with Crippen LogP contribution in [0.5, 0.6) is 0 Å². The van der Waals surface area contributed by atoms with E-state index >= 15 is 0 Å². The predicted molar refractivity (Wildman–Crippen MR) is 114 cm³/mol. The maximum absolute atomic E-state index is 14.1. The van der Waals surface area contributed by atoms with Gasteiger partial charge in [-0.05, 0) is 52.3 Å². The normalized spacial score (nSPS) is 15.9. The summed E-state index contributed by atoms with van der Waals surface area (Å²) in [5, 5.41) is 6.65. The minimum atomic E-state index is -0.110. The van der Waals surface area contributed by atoms with Gasteiger partial charge in [0.05, 0.1) is 6.54 Å². The Labute approximate surface area is 168 Å². The highest BCUT2D eigenvalue weighted by molar-refractivity contribution is 14.0. The quantitative estimate of drug-likeness (QED) is 0.354. The number of nitrogens with zero attached hydrogens (tertiary/aromatic N) is 2. The molecule has 4 nitrogen and oxygen atoms in total. The number of hydrogen-bond donors (Lipinski definition) is 2. The van der Waals surface area contributed by atoms with E-state index in [1.807, 2.05) is 12.1 Å². The van der Waals surface area contributed by atoms with Gasteiger partial charge in [-0.25, -0.2) is 4.39 Å². The third kappa shape index (κ3) is 6.40. The van der Waals surface area contributed by atoms with Gasteiger partial charge in [-0.15, -0.1) is 24.0 Å². The number of nitrogens with one attached hydrogen (secondary N) is 2. The van der Waals surface area contributed by atoms with Crippen LogP contribution < -0.4 is 10.6 Å². The molecule has 0 spiro atoms. The van der Waals surface area contributed by atoms with Gasteiger partial charge in [0, 0.05) is 31.1 Å². The van der Waals surface area contributed by atoms with Crippen LogP contribution in [-0.2, 0) is 5.41 Å². The molecule has 142 valence electrons. The molecule has 2 N–H and O–H groups in total. The lowest BCUT2D eigenvalue weighted by molar-refractivity contribution is 0.278. The molecule has 0 atom stereocenters. The third-order valence-electron chi connectivity index (χ3n) is 4.82. The molecule has 1 aromatic carbocycles. The van der Waals surface area contributed by atoms with Crippen molar-refractivity contribution in [3.63, 3.8) is 0 Å². The fourth-order valence-corrected chi connectivity index (χ4v) is 2.74. The highest BCUT2D eigenvalue weighted by atomic mass is 127. The standard InChI is InChI=1S/C19H31FN4.HI/c1-5-21-18(22-12-13-24(4)15(2)3)23-14-19(10-11-19)16-8-6-7-9-17(16)20;/h6-9,15H,5,10-14H2,1-4H3,(H2,21,22,23);1H. The van der Waals surface area contributed by atoms with E-state index in [0.717, 1.165) is 44.0 Å². The Morgan fingerprint density at radius 3 is 2.52 bits per heavy atom. The van der Waals surface area contributed by atoms with E-state index in [1.165, 1.54) is 0 Å². The second-order valence-electron chi connectivity index (χ2n) is 6.96. The van der Waals surface area contributed by atoms with Crippen molar-refractivity contribution in [2.45, 2.75) is 45.1 Å². The lowest BCUT2D eigenvalue weighted by Crippen LogP contribution is -2.42. The van der Waals surface area contributed by atoms with Crippen LogP contribution in [0.4, 0.5) is 4.39 Å². The molecule has 6 heteroatoms. The van der Waals surface area contributed by atoms with E-state index < -0.39 is 0 Å². The number of rotatable bonds is 8. The molecule has 1 aliphatic carbocycles. The number of hydrogen-bond acceptors (Lipinski definition) is 2. The Morgan fingerprint density at radius 2 is 1.96 bits per heavy atom. The number of likely N-dealkylation sites (N-methyl/N-ethyl adjacent to an activating group) is 1. The minimum absolute atomic E-state index is 0. The van der Waals surface area contributed by atoms with Crippen LogP contribution in [0.1, 0.15) is 39.2 Å². The molecule has 1 aromatic rings. The second-order valence-corrected chi connectivity index (χ2v) is 6.96. The zero-order valence-electron chi connectivity index (χ0n) is 15.8. The molecular weight excluding hydrogens is 430 g/mol. The molecule has 0 heterocycles. The van der Waals surface area contributed by atoms with Crippen LogP contribution >= 0.6 is 24.0 Å². The summed E-state index contributed by atoms with van der Waals surface area (Å²) in [5.41, 5.74) is 0.701. The molecule has 0 aromatic heterocycles. The molecule has 0 unspecified atom stereocenters. The van der Waals surface area contributed by atoms with Crippen LogP contribution in [0.2, 0.25) is 0 Å². The van der Waals surface area contributed by atoms with Crippen LogP contribution in [0, 0.1) is 5.82 Å². The van der Waals surface area contributed by atoms with Gasteiger partial charge in [0.15, 0.2) is 5.96 Å². The summed E-state index contributed by atoms with van der Waals surface area (Å²) >= 11 is 0. The average Bonchev–Trinajstić information content (AvgIpc) is 3.33. The molecule has 2 rings (SSSR count). The first-order valence-corrected chi connectivity index (χ1v) is 8.96. The van der Waals surface area contributed by atoms with Crippen molar-refractivity contribution in [3.05, 3.63) is 35.6 Å². The third-order valence-corrected chi connectivity index (χ3v) is 4.82. The van der Waals surface area contributed by atoms with Gasteiger partial charge in [-0.3, -0.25) is 4.99 Å². The van der Waals surface area contributed by atoms with Crippen LogP contribution in [0.25, 0.3) is 0 Å². The van der Waals surface area contributed by atoms with Crippen molar-refractivity contribution < 1.29 is 4.39 Å². The summed E-state index contributed by atoms with van der Waals surface area (Å²) in [7, 11) is 2.12. The maximum atomic E-state index is 14.1. The number of guanidine groups is 1. The first-order valence-electron chi connectivity index (χ1n) is 8.96. The second kappa shape index (κ2) is 10.3. The monoisotopic (exact) mass is 462 g/mol. The van der Waals surface area contributed by atoms with Crippen molar-refractivity contribution in [2.75, 3.05) is 33.2 Å². The van der Waals surface area contributed by atoms with Crippen LogP contribution in [0.15, 0.2) is 29.3 Å². The van der Waals surface area contributed by atoms with Gasteiger partial charge in [0.2, 0.25) is 0 Å². The van der Waals surface area contributed by atoms with Gasteiger partial charge in [0.1, 0.15) is 5.82 Å². The molecule has 25 heavy (non-hydrogen) atoms. The Morgan fingerprint density at radius 1 is 1.28 bits per heavy atom. The molecule has 1 saturated carbocycles. The minimum Gasteiger partial charge on any atom is -0.357 e. The van der Waals surface area contributed by atoms with Gasteiger partial charge in [-0.2, -0.15) is 0 Å². The molecule has 1 fully saturated rings. The summed E-state index contributed by atoms with van der Waals surface area (Å²) in [5.74, 6) is 0.707. The predicted octanol–water partition coefficient (Wildman–Crippen LogP) is 3.37. The number of benzene rings is 1. The first-order chi connectivity index (χ1) is 11.5. The number of halogens is 2. The van der Waals surface area contributed by atoms with Crippen molar-refractivity contribution in [2.24, 2.45) is 4.99 Å². The molecule has 0 amide bonds. The molecule has 0 saturated heterocycles. The number of aliphatic imine (C=N–C) groups is 1. The van der Waals surface area contributed by atoms with Crippen LogP contribution in [0.3, 0.4) is 0 Å². The van der Waals surface area contributed by atoms with Gasteiger partial charge in [0.25, 0.3) is 0 Å². The molecule has 0 aliphatic heterocycles. The van der Waals surface area contributed by atoms with E-state index in [0.29, 0.717) is 12.6 Å². The molecule has 0 radical (unpaired) electrons. The van der Waals surface area contributed by atoms with Gasteiger partial charge < -0.3 is 15.5 Å². The van der Waals surface area contributed by atoms with Gasteiger partial charge in [-0.1, -0.05) is 18.2 Å². The topological polar surface area (TPSA) is 39.7 Å². The van der Waals surface area contributed by atoms with Crippen molar-refractivity contribution in [1.29, 1.82) is 0 Å². The van der Waals surface area contributed by atoms with E-state index in [2.05, 4.69) is 43.4 Å². The zero-order valence-corrected chi connectivity index (χ0v) is 18.1. The summed E-state index contributed by atoms with van der Waals surface area (Å²) in [6, 6.07) is 7.63. The smallest absolute Gasteiger partial charge is 0.191 e. The van der Waals surface area contributed by atoms with E-state index in [9.17, 15) is 4.39 Å². The summed E-state index contributed by atoms with van der Waals surface area (Å²) in [6.45, 7) is 9.67. The lowest BCUT2D eigenvalue weighted by Gasteiger charge is -2.22. The van der Waals surface area contributed by atoms with Crippen molar-refractivity contribution >= 4 is 29.9 Å². The Hall–Kier alpha value is -0.890. The highest BCUT2D eigenvalue weighted by Crippen LogP contribution is 2.49. The fourth-order valence-electron chi connectivity index (χ4n) is 2.74. The van der Waals surface area contributed by atoms with E-state index in [4.69, 9.17) is 4.99 Å². The summed E-state index contributed by atoms with van der Waals surface area (Å²) in [4.78, 5) is 7.01. The lowest BCUT2D eigenvalue weighted by atomic mass is 9.95. The molecule has 1 aliphatic rings. The first kappa shape index (κ1) is 22.2. The summed E-state index contributed by atoms with van der Waals surface area (Å²) < 4.78 is 14.1. The van der Waals surface area contributed by atoms with Gasteiger partial charge >= 0.3 is 0 Å². The Kier molecular flexibility index (Phi) is 9.13. The zero-order chi connectivity index (χ0) is 17.6. The maximum Gasteiger partial charge on any atom is 0.191 e. The largest absolute Gasteiger partial charge is 0.357 e. The fraction of sp³-hybridized carbons (Fsp3) is 0.632. The summed E-state index contributed by atoms with van der Waals surface area (Å²) in [6.07, 6.45) is 2.01. The van der Waals surface area contributed by atoms with E-state index in [-0.39, 0.29) is 35.2 Å². The molecular formula is C19H32FIN4. The van der Waals surface area contributed by atoms with E-state index in [1.54, 1.807) is 12.1 Å². The average molecular weight is 462 g/mol. The van der Waals surface area contributed by atoms with Crippen molar-refractivity contribution in [1.82, 2.24) is 15.5 Å². The molecule has 0 bridgehead atoms. The highest BCUT2D eigenvalue weighted by Gasteiger charge is 2.45. The van der Waals surface area contributed by atoms with Crippen molar-refractivity contribution in [3.8, 4) is 0 Å². The Bertz CT molecular complexity index is 558. The SMILES string of the molecule is CCNC(=NCC1(c2ccccc2F)CC1)NCCN(C)C(C)C.I. The van der Waals surface area contributed by atoms with Crippen LogP contribution in [-0.4, -0.2) is 50.1 Å².